The fourth-order valence-corrected chi connectivity index (χ4v) is 7.23. The van der Waals surface area contributed by atoms with Crippen LogP contribution >= 0.6 is 21.6 Å². The largest absolute Gasteiger partial charge is 0.396 e. The first-order valence-corrected chi connectivity index (χ1v) is 18.1. The van der Waals surface area contributed by atoms with Gasteiger partial charge in [0, 0.05) is 37.0 Å². The molecule has 4 N–H and O–H groups in total. The first-order valence-electron chi connectivity index (χ1n) is 15.8. The molecule has 252 valence electrons. The average molecular weight is 667 g/mol. The van der Waals surface area contributed by atoms with Gasteiger partial charge in [-0.2, -0.15) is 0 Å². The first-order chi connectivity index (χ1) is 21.9. The second-order valence-electron chi connectivity index (χ2n) is 11.6. The fourth-order valence-electron chi connectivity index (χ4n) is 4.96. The van der Waals surface area contributed by atoms with Crippen LogP contribution in [0, 0.1) is 0 Å². The molecule has 1 fully saturated rings. The molecule has 2 atom stereocenters. The molecule has 0 aromatic heterocycles. The molecule has 2 unspecified atom stereocenters. The lowest BCUT2D eigenvalue weighted by atomic mass is 9.98. The van der Waals surface area contributed by atoms with Crippen molar-refractivity contribution in [1.29, 1.82) is 0 Å². The summed E-state index contributed by atoms with van der Waals surface area (Å²) >= 11 is 0. The standard InChI is InChI=1S/C33H50N2O8S2/c1-32(2,45-44-25-40-17-8-7-16-36)13-18-41-31(37)34-14-19-38-21-22-39-20-15-35-33(24-43-33)42-23-30-28-11-5-3-9-26(28)27-10-4-6-12-29(27)30/h3-6,9-12,30-31,34-37H,7-8,13-25H2,1-2H3. The number of nitrogens with one attached hydrogen (secondary N) is 2. The van der Waals surface area contributed by atoms with Gasteiger partial charge >= 0.3 is 0 Å². The lowest BCUT2D eigenvalue weighted by molar-refractivity contribution is -0.123. The zero-order valence-electron chi connectivity index (χ0n) is 26.5. The molecular formula is C33H50N2O8S2. The molecule has 4 rings (SSSR count). The van der Waals surface area contributed by atoms with Gasteiger partial charge in [0.1, 0.15) is 12.5 Å². The third-order valence-electron chi connectivity index (χ3n) is 7.52. The molecule has 45 heavy (non-hydrogen) atoms. The summed E-state index contributed by atoms with van der Waals surface area (Å²) in [5.74, 6) is 0.0742. The summed E-state index contributed by atoms with van der Waals surface area (Å²) < 4.78 is 34.2. The highest BCUT2D eigenvalue weighted by Gasteiger charge is 2.47. The van der Waals surface area contributed by atoms with E-state index in [9.17, 15) is 5.11 Å². The predicted octanol–water partition coefficient (Wildman–Crippen LogP) is 4.30. The van der Waals surface area contributed by atoms with Crippen LogP contribution in [0.3, 0.4) is 0 Å². The summed E-state index contributed by atoms with van der Waals surface area (Å²) in [7, 11) is 3.41. The number of ether oxygens (including phenoxy) is 6. The van der Waals surface area contributed by atoms with E-state index in [1.54, 1.807) is 21.6 Å². The van der Waals surface area contributed by atoms with Crippen molar-refractivity contribution < 1.29 is 38.6 Å². The topological polar surface area (TPSA) is 123 Å². The van der Waals surface area contributed by atoms with E-state index < -0.39 is 12.3 Å². The zero-order valence-corrected chi connectivity index (χ0v) is 28.2. The second kappa shape index (κ2) is 19.5. The number of hydrogen-bond acceptors (Lipinski definition) is 12. The molecule has 0 radical (unpaired) electrons. The molecule has 0 saturated carbocycles. The maximum absolute atomic E-state index is 10.0. The van der Waals surface area contributed by atoms with Gasteiger partial charge in [-0.1, -0.05) is 70.1 Å². The van der Waals surface area contributed by atoms with Crippen LogP contribution in [0.2, 0.25) is 0 Å². The van der Waals surface area contributed by atoms with E-state index in [2.05, 4.69) is 73.0 Å². The van der Waals surface area contributed by atoms with Gasteiger partial charge < -0.3 is 38.6 Å². The number of aliphatic hydroxyl groups excluding tert-OH is 2. The smallest absolute Gasteiger partial charge is 0.252 e. The monoisotopic (exact) mass is 666 g/mol. The third kappa shape index (κ3) is 12.7. The highest BCUT2D eigenvalue weighted by Crippen LogP contribution is 2.45. The van der Waals surface area contributed by atoms with Crippen LogP contribution in [0.4, 0.5) is 0 Å². The minimum absolute atomic E-state index is 0.00785. The van der Waals surface area contributed by atoms with Crippen LogP contribution in [0.5, 0.6) is 0 Å². The quantitative estimate of drug-likeness (QED) is 0.0496. The predicted molar refractivity (Wildman–Crippen MR) is 179 cm³/mol. The fraction of sp³-hybridized carbons (Fsp3) is 0.636. The maximum atomic E-state index is 10.0. The number of fused-ring (bicyclic) bond motifs is 3. The van der Waals surface area contributed by atoms with Crippen molar-refractivity contribution in [2.75, 3.05) is 78.5 Å². The molecule has 1 saturated heterocycles. The molecule has 12 heteroatoms. The zero-order chi connectivity index (χ0) is 31.8. The minimum Gasteiger partial charge on any atom is -0.396 e. The van der Waals surface area contributed by atoms with Crippen LogP contribution in [-0.2, 0) is 28.4 Å². The average Bonchev–Trinajstić information content (AvgIpc) is 3.74. The molecular weight excluding hydrogens is 617 g/mol. The van der Waals surface area contributed by atoms with E-state index in [0.29, 0.717) is 71.9 Å². The summed E-state index contributed by atoms with van der Waals surface area (Å²) in [4.78, 5) is 0. The Morgan fingerprint density at radius 1 is 0.911 bits per heavy atom. The van der Waals surface area contributed by atoms with Gasteiger partial charge in [-0.15, -0.1) is 0 Å². The van der Waals surface area contributed by atoms with E-state index in [0.717, 1.165) is 19.3 Å². The Kier molecular flexibility index (Phi) is 15.9. The third-order valence-corrected chi connectivity index (χ3v) is 10.6. The summed E-state index contributed by atoms with van der Waals surface area (Å²) in [6, 6.07) is 17.1. The SMILES string of the molecule is CC(C)(CCOC(O)NCCOCCOCCNC1(OCC2c3ccccc3-c3ccccc32)CO1)SSCOCCCCO. The molecule has 1 aliphatic heterocycles. The van der Waals surface area contributed by atoms with Gasteiger partial charge in [0.05, 0.1) is 39.6 Å². The highest BCUT2D eigenvalue weighted by molar-refractivity contribution is 8.77. The summed E-state index contributed by atoms with van der Waals surface area (Å²) in [6.45, 7) is 9.65. The van der Waals surface area contributed by atoms with Crippen LogP contribution in [0.25, 0.3) is 11.1 Å². The molecule has 1 heterocycles. The molecule has 2 aliphatic rings. The lowest BCUT2D eigenvalue weighted by Crippen LogP contribution is -2.39. The van der Waals surface area contributed by atoms with Crippen molar-refractivity contribution in [3.05, 3.63) is 59.7 Å². The number of hydrogen-bond donors (Lipinski definition) is 4. The van der Waals surface area contributed by atoms with E-state index in [-0.39, 0.29) is 17.3 Å². The molecule has 0 spiro atoms. The van der Waals surface area contributed by atoms with Gasteiger partial charge in [-0.05, 0) is 55.4 Å². The normalized spacial score (nSPS) is 18.2. The maximum Gasteiger partial charge on any atom is 0.252 e. The number of unbranched alkanes of at least 4 members (excludes halogenated alkanes) is 1. The lowest BCUT2D eigenvalue weighted by Gasteiger charge is -2.24. The Bertz CT molecular complexity index is 1080. The number of rotatable bonds is 26. The van der Waals surface area contributed by atoms with Gasteiger partial charge in [0.2, 0.25) is 6.41 Å². The Morgan fingerprint density at radius 2 is 1.58 bits per heavy atom. The van der Waals surface area contributed by atoms with E-state index in [1.807, 2.05) is 0 Å². The van der Waals surface area contributed by atoms with Crippen molar-refractivity contribution in [3.8, 4) is 11.1 Å². The van der Waals surface area contributed by atoms with Crippen LogP contribution in [0.1, 0.15) is 50.2 Å². The van der Waals surface area contributed by atoms with E-state index in [1.165, 1.54) is 22.3 Å². The Balaban J connectivity index is 0.956. The van der Waals surface area contributed by atoms with Crippen molar-refractivity contribution in [2.24, 2.45) is 0 Å². The van der Waals surface area contributed by atoms with Gasteiger partial charge in [0.15, 0.2) is 0 Å². The van der Waals surface area contributed by atoms with Crippen LogP contribution in [-0.4, -0.2) is 106 Å². The Hall–Kier alpha value is -1.26. The summed E-state index contributed by atoms with van der Waals surface area (Å²) in [5, 5.41) is 25.0. The second-order valence-corrected chi connectivity index (χ2v) is 14.5. The molecule has 2 aromatic carbocycles. The molecule has 0 bridgehead atoms. The van der Waals surface area contributed by atoms with Crippen molar-refractivity contribution in [1.82, 2.24) is 10.6 Å². The van der Waals surface area contributed by atoms with Crippen LogP contribution in [0.15, 0.2) is 48.5 Å². The van der Waals surface area contributed by atoms with Crippen molar-refractivity contribution >= 4 is 21.6 Å². The van der Waals surface area contributed by atoms with Gasteiger partial charge in [0.25, 0.3) is 5.91 Å². The number of epoxide rings is 1. The van der Waals surface area contributed by atoms with Crippen LogP contribution < -0.4 is 10.6 Å². The first kappa shape index (κ1) is 36.6. The molecule has 0 amide bonds. The molecule has 2 aromatic rings. The van der Waals surface area contributed by atoms with E-state index in [4.69, 9.17) is 33.5 Å². The molecule has 1 aliphatic carbocycles. The van der Waals surface area contributed by atoms with E-state index >= 15 is 0 Å². The minimum atomic E-state index is -1.03. The summed E-state index contributed by atoms with van der Waals surface area (Å²) in [6.07, 6.45) is 1.41. The molecule has 10 nitrogen and oxygen atoms in total. The Morgan fingerprint density at radius 3 is 2.24 bits per heavy atom. The van der Waals surface area contributed by atoms with Crippen molar-refractivity contribution in [2.45, 2.75) is 56.1 Å². The van der Waals surface area contributed by atoms with Gasteiger partial charge in [-0.3, -0.25) is 10.6 Å². The summed E-state index contributed by atoms with van der Waals surface area (Å²) in [5.41, 5.74) is 5.16. The Labute approximate surface area is 275 Å². The number of aliphatic hydroxyl groups is 2. The van der Waals surface area contributed by atoms with Gasteiger partial charge in [-0.25, -0.2) is 0 Å². The highest BCUT2D eigenvalue weighted by atomic mass is 33.1. The van der Waals surface area contributed by atoms with Crippen molar-refractivity contribution in [3.63, 3.8) is 0 Å². The number of benzene rings is 2.